The molecule has 2 aromatic rings. The minimum absolute atomic E-state index is 0.00401. The van der Waals surface area contributed by atoms with Crippen LogP contribution >= 0.6 is 0 Å². The summed E-state index contributed by atoms with van der Waals surface area (Å²) >= 11 is 0. The zero-order chi connectivity index (χ0) is 15.1. The second kappa shape index (κ2) is 4.56. The highest BCUT2D eigenvalue weighted by atomic mass is 19.1. The Balaban J connectivity index is 2.23. The Bertz CT molecular complexity index is 821. The van der Waals surface area contributed by atoms with Gasteiger partial charge in [0.05, 0.1) is 5.56 Å². The average Bonchev–Trinajstić information content (AvgIpc) is 2.43. The van der Waals surface area contributed by atoms with Crippen LogP contribution in [0.3, 0.4) is 0 Å². The van der Waals surface area contributed by atoms with E-state index in [0.29, 0.717) is 0 Å². The quantitative estimate of drug-likeness (QED) is 0.844. The molecular formula is C16H9FO4. The van der Waals surface area contributed by atoms with Crippen LogP contribution in [0.5, 0.6) is 11.5 Å². The predicted octanol–water partition coefficient (Wildman–Crippen LogP) is 2.70. The van der Waals surface area contributed by atoms with Crippen LogP contribution in [0.4, 0.5) is 4.39 Å². The second-order valence-corrected chi connectivity index (χ2v) is 4.62. The molecule has 0 spiro atoms. The van der Waals surface area contributed by atoms with Crippen molar-refractivity contribution in [1.82, 2.24) is 0 Å². The van der Waals surface area contributed by atoms with Crippen molar-refractivity contribution >= 4 is 17.1 Å². The average molecular weight is 284 g/mol. The van der Waals surface area contributed by atoms with E-state index in [4.69, 9.17) is 0 Å². The van der Waals surface area contributed by atoms with Crippen molar-refractivity contribution in [3.05, 3.63) is 65.0 Å². The van der Waals surface area contributed by atoms with E-state index < -0.39 is 23.1 Å². The van der Waals surface area contributed by atoms with Gasteiger partial charge in [-0.25, -0.2) is 4.39 Å². The lowest BCUT2D eigenvalue weighted by molar-refractivity contribution is 0.0998. The Morgan fingerprint density at radius 2 is 1.67 bits per heavy atom. The molecule has 0 radical (unpaired) electrons. The highest BCUT2D eigenvalue weighted by Crippen LogP contribution is 2.35. The topological polar surface area (TPSA) is 74.6 Å². The number of fused-ring (bicyclic) bond motifs is 1. The van der Waals surface area contributed by atoms with E-state index in [1.165, 1.54) is 18.2 Å². The van der Waals surface area contributed by atoms with E-state index in [1.54, 1.807) is 6.07 Å². The summed E-state index contributed by atoms with van der Waals surface area (Å²) in [6.45, 7) is 0. The number of phenolic OH excluding ortho intramolecular Hbond substituents is 2. The summed E-state index contributed by atoms with van der Waals surface area (Å²) in [4.78, 5) is 24.5. The summed E-state index contributed by atoms with van der Waals surface area (Å²) in [7, 11) is 0. The molecule has 104 valence electrons. The van der Waals surface area contributed by atoms with Crippen molar-refractivity contribution < 1.29 is 24.2 Å². The van der Waals surface area contributed by atoms with Crippen LogP contribution in [0.15, 0.2) is 42.5 Å². The van der Waals surface area contributed by atoms with Gasteiger partial charge in [-0.15, -0.1) is 0 Å². The number of rotatable bonds is 1. The van der Waals surface area contributed by atoms with Crippen LogP contribution in [0, 0.1) is 5.82 Å². The van der Waals surface area contributed by atoms with Crippen LogP contribution in [-0.4, -0.2) is 21.8 Å². The van der Waals surface area contributed by atoms with Gasteiger partial charge >= 0.3 is 0 Å². The van der Waals surface area contributed by atoms with E-state index in [1.807, 2.05) is 0 Å². The summed E-state index contributed by atoms with van der Waals surface area (Å²) in [5, 5.41) is 19.2. The molecule has 2 aromatic carbocycles. The first-order valence-corrected chi connectivity index (χ1v) is 6.10. The number of ketones is 2. The Morgan fingerprint density at radius 1 is 0.952 bits per heavy atom. The lowest BCUT2D eigenvalue weighted by atomic mass is 9.85. The first-order valence-electron chi connectivity index (χ1n) is 6.10. The molecule has 2 N–H and O–H groups in total. The van der Waals surface area contributed by atoms with Gasteiger partial charge in [0.2, 0.25) is 0 Å². The molecule has 0 saturated carbocycles. The number of hydrogen-bond donors (Lipinski definition) is 2. The van der Waals surface area contributed by atoms with Crippen molar-refractivity contribution in [1.29, 1.82) is 0 Å². The molecule has 5 heteroatoms. The molecule has 0 atom stereocenters. The Hall–Kier alpha value is -2.95. The number of carbonyl (C=O) groups is 2. The highest BCUT2D eigenvalue weighted by Gasteiger charge is 2.30. The standard InChI is InChI=1S/C16H9FO4/c17-12-4-2-1-3-9(12)10-7-14(20)15-11(16(10)21)5-8(18)6-13(15)19/h1-7,18-19H. The number of halogens is 1. The lowest BCUT2D eigenvalue weighted by Crippen LogP contribution is -2.17. The highest BCUT2D eigenvalue weighted by molar-refractivity contribution is 6.39. The molecule has 0 saturated heterocycles. The third kappa shape index (κ3) is 1.99. The molecule has 0 bridgehead atoms. The lowest BCUT2D eigenvalue weighted by Gasteiger charge is -2.17. The summed E-state index contributed by atoms with van der Waals surface area (Å²) in [6, 6.07) is 7.66. The first-order chi connectivity index (χ1) is 9.99. The molecule has 0 heterocycles. The zero-order valence-electron chi connectivity index (χ0n) is 10.6. The third-order valence-electron chi connectivity index (χ3n) is 3.28. The van der Waals surface area contributed by atoms with Crippen LogP contribution in [0.25, 0.3) is 5.57 Å². The predicted molar refractivity (Wildman–Crippen MR) is 72.8 cm³/mol. The maximum atomic E-state index is 13.8. The number of benzene rings is 2. The van der Waals surface area contributed by atoms with Gasteiger partial charge in [-0.1, -0.05) is 18.2 Å². The van der Waals surface area contributed by atoms with Crippen LogP contribution < -0.4 is 0 Å². The minimum Gasteiger partial charge on any atom is -0.508 e. The molecule has 0 fully saturated rings. The Morgan fingerprint density at radius 3 is 2.38 bits per heavy atom. The summed E-state index contributed by atoms with van der Waals surface area (Å²) < 4.78 is 13.8. The second-order valence-electron chi connectivity index (χ2n) is 4.62. The first kappa shape index (κ1) is 13.1. The van der Waals surface area contributed by atoms with Gasteiger partial charge in [-0.3, -0.25) is 9.59 Å². The van der Waals surface area contributed by atoms with E-state index in [0.717, 1.165) is 18.2 Å². The molecular weight excluding hydrogens is 275 g/mol. The number of carbonyl (C=O) groups excluding carboxylic acids is 2. The largest absolute Gasteiger partial charge is 0.508 e. The van der Waals surface area contributed by atoms with Crippen molar-refractivity contribution in [3.8, 4) is 11.5 Å². The molecule has 0 amide bonds. The fourth-order valence-electron chi connectivity index (χ4n) is 2.34. The number of phenols is 2. The fourth-order valence-corrected chi connectivity index (χ4v) is 2.34. The minimum atomic E-state index is -0.627. The van der Waals surface area contributed by atoms with Gasteiger partial charge in [0, 0.05) is 22.8 Å². The maximum absolute atomic E-state index is 13.8. The molecule has 1 aliphatic carbocycles. The van der Waals surface area contributed by atoms with E-state index in [2.05, 4.69) is 0 Å². The van der Waals surface area contributed by atoms with Crippen molar-refractivity contribution in [2.45, 2.75) is 0 Å². The maximum Gasteiger partial charge on any atom is 0.194 e. The van der Waals surface area contributed by atoms with E-state index in [9.17, 15) is 24.2 Å². The van der Waals surface area contributed by atoms with Crippen LogP contribution in [0.2, 0.25) is 0 Å². The SMILES string of the molecule is O=C1C(c2ccccc2F)=CC(=O)c2c(O)cc(O)cc21. The van der Waals surface area contributed by atoms with Crippen molar-refractivity contribution in [2.24, 2.45) is 0 Å². The van der Waals surface area contributed by atoms with Gasteiger partial charge in [0.25, 0.3) is 0 Å². The number of Topliss-reactive ketones (excluding diaryl/α,β-unsaturated/α-hetero) is 1. The number of hydrogen-bond acceptors (Lipinski definition) is 4. The third-order valence-corrected chi connectivity index (χ3v) is 3.28. The van der Waals surface area contributed by atoms with Gasteiger partial charge in [0.15, 0.2) is 11.6 Å². The molecule has 0 aliphatic heterocycles. The number of aromatic hydroxyl groups is 2. The summed E-state index contributed by atoms with van der Waals surface area (Å²) in [5.74, 6) is -2.69. The fraction of sp³-hybridized carbons (Fsp3) is 0. The van der Waals surface area contributed by atoms with Gasteiger partial charge in [-0.2, -0.15) is 0 Å². The normalized spacial score (nSPS) is 13.9. The molecule has 21 heavy (non-hydrogen) atoms. The van der Waals surface area contributed by atoms with Gasteiger partial charge in [-0.05, 0) is 18.2 Å². The molecule has 3 rings (SSSR count). The Labute approximate surface area is 118 Å². The Kier molecular flexibility index (Phi) is 2.83. The summed E-state index contributed by atoms with van der Waals surface area (Å²) in [5.41, 5.74) is -0.420. The molecule has 1 aliphatic rings. The van der Waals surface area contributed by atoms with E-state index in [-0.39, 0.29) is 28.0 Å². The molecule has 0 aromatic heterocycles. The summed E-state index contributed by atoms with van der Waals surface area (Å²) in [6.07, 6.45) is 1.000. The van der Waals surface area contributed by atoms with E-state index >= 15 is 0 Å². The zero-order valence-corrected chi connectivity index (χ0v) is 10.6. The molecule has 4 nitrogen and oxygen atoms in total. The number of allylic oxidation sites excluding steroid dienone is 2. The molecule has 0 unspecified atom stereocenters. The van der Waals surface area contributed by atoms with Crippen LogP contribution in [-0.2, 0) is 0 Å². The van der Waals surface area contributed by atoms with Gasteiger partial charge in [0.1, 0.15) is 17.3 Å². The van der Waals surface area contributed by atoms with Crippen molar-refractivity contribution in [2.75, 3.05) is 0 Å². The monoisotopic (exact) mass is 284 g/mol. The smallest absolute Gasteiger partial charge is 0.194 e. The van der Waals surface area contributed by atoms with Gasteiger partial charge < -0.3 is 10.2 Å². The van der Waals surface area contributed by atoms with Crippen LogP contribution in [0.1, 0.15) is 26.3 Å². The van der Waals surface area contributed by atoms with Crippen molar-refractivity contribution in [3.63, 3.8) is 0 Å².